The second-order valence-electron chi connectivity index (χ2n) is 6.05. The van der Waals surface area contributed by atoms with Crippen LogP contribution in [0.2, 0.25) is 0 Å². The average Bonchev–Trinajstić information content (AvgIpc) is 2.98. The summed E-state index contributed by atoms with van der Waals surface area (Å²) in [6, 6.07) is 0. The number of hydrogen-bond acceptors (Lipinski definition) is 7. The molecule has 0 unspecified atom stereocenters. The molecule has 0 atom stereocenters. The molecular weight excluding hydrogens is 338 g/mol. The van der Waals surface area contributed by atoms with E-state index in [9.17, 15) is 4.79 Å². The van der Waals surface area contributed by atoms with Crippen molar-refractivity contribution in [2.45, 2.75) is 20.3 Å². The van der Waals surface area contributed by atoms with Gasteiger partial charge in [0.05, 0.1) is 23.5 Å². The summed E-state index contributed by atoms with van der Waals surface area (Å²) in [7, 11) is 0. The highest BCUT2D eigenvalue weighted by atomic mass is 32.1. The molecule has 0 aliphatic carbocycles. The minimum Gasteiger partial charge on any atom is -0.379 e. The van der Waals surface area contributed by atoms with Gasteiger partial charge in [-0.25, -0.2) is 9.97 Å². The number of ether oxygens (including phenoxy) is 1. The smallest absolute Gasteiger partial charge is 0.261 e. The van der Waals surface area contributed by atoms with Gasteiger partial charge in [-0.1, -0.05) is 0 Å². The van der Waals surface area contributed by atoms with Crippen LogP contribution in [-0.2, 0) is 4.74 Å². The van der Waals surface area contributed by atoms with E-state index in [1.54, 1.807) is 6.33 Å². The summed E-state index contributed by atoms with van der Waals surface area (Å²) in [6.45, 7) is 10.1. The van der Waals surface area contributed by atoms with Gasteiger partial charge in [-0.05, 0) is 32.4 Å². The van der Waals surface area contributed by atoms with Gasteiger partial charge >= 0.3 is 0 Å². The number of hydrogen-bond donors (Lipinski definition) is 2. The number of aromatic nitrogens is 2. The van der Waals surface area contributed by atoms with Crippen LogP contribution < -0.4 is 10.6 Å². The second-order valence-corrected chi connectivity index (χ2v) is 7.05. The normalized spacial score (nSPS) is 15.4. The van der Waals surface area contributed by atoms with Crippen molar-refractivity contribution < 1.29 is 9.53 Å². The molecule has 25 heavy (non-hydrogen) atoms. The lowest BCUT2D eigenvalue weighted by molar-refractivity contribution is 0.0378. The Morgan fingerprint density at radius 2 is 2.16 bits per heavy atom. The Kier molecular flexibility index (Phi) is 6.17. The van der Waals surface area contributed by atoms with E-state index in [0.717, 1.165) is 67.4 Å². The van der Waals surface area contributed by atoms with Gasteiger partial charge in [-0.2, -0.15) is 0 Å². The summed E-state index contributed by atoms with van der Waals surface area (Å²) in [4.78, 5) is 24.9. The highest BCUT2D eigenvalue weighted by Crippen LogP contribution is 2.33. The van der Waals surface area contributed by atoms with Gasteiger partial charge in [0, 0.05) is 26.2 Å². The molecule has 0 bridgehead atoms. The Morgan fingerprint density at radius 1 is 1.36 bits per heavy atom. The predicted molar refractivity (Wildman–Crippen MR) is 101 cm³/mol. The molecule has 7 nitrogen and oxygen atoms in total. The number of morpholine rings is 1. The van der Waals surface area contributed by atoms with E-state index in [1.807, 2.05) is 13.8 Å². The summed E-state index contributed by atoms with van der Waals surface area (Å²) >= 11 is 1.42. The molecule has 2 N–H and O–H groups in total. The van der Waals surface area contributed by atoms with E-state index < -0.39 is 0 Å². The van der Waals surface area contributed by atoms with Crippen LogP contribution in [0.5, 0.6) is 0 Å². The molecule has 3 heterocycles. The highest BCUT2D eigenvalue weighted by Gasteiger charge is 2.18. The van der Waals surface area contributed by atoms with Gasteiger partial charge in [0.15, 0.2) is 0 Å². The first-order valence-electron chi connectivity index (χ1n) is 8.77. The van der Waals surface area contributed by atoms with Crippen molar-refractivity contribution >= 4 is 33.3 Å². The van der Waals surface area contributed by atoms with E-state index in [1.165, 1.54) is 11.3 Å². The van der Waals surface area contributed by atoms with E-state index in [-0.39, 0.29) is 5.91 Å². The van der Waals surface area contributed by atoms with E-state index in [4.69, 9.17) is 4.74 Å². The SMILES string of the molecule is CCNC(=O)c1sc2ncnc(NCCCN3CCOCC3)c2c1C. The Morgan fingerprint density at radius 3 is 2.92 bits per heavy atom. The Balaban J connectivity index is 1.65. The first-order chi connectivity index (χ1) is 12.2. The first kappa shape index (κ1) is 18.0. The molecular formula is C17H25N5O2S. The number of thiophene rings is 1. The van der Waals surface area contributed by atoms with Crippen LogP contribution in [0.15, 0.2) is 6.33 Å². The van der Waals surface area contributed by atoms with Crippen molar-refractivity contribution in [2.24, 2.45) is 0 Å². The standard InChI is InChI=1S/C17H25N5O2S/c1-3-18-16(23)14-12(2)13-15(20-11-21-17(13)25-14)19-5-4-6-22-7-9-24-10-8-22/h11H,3-10H2,1-2H3,(H,18,23)(H,19,20,21). The molecule has 0 radical (unpaired) electrons. The maximum absolute atomic E-state index is 12.2. The van der Waals surface area contributed by atoms with Gasteiger partial charge in [-0.3, -0.25) is 9.69 Å². The predicted octanol–water partition coefficient (Wildman–Crippen LogP) is 1.88. The summed E-state index contributed by atoms with van der Waals surface area (Å²) < 4.78 is 5.37. The van der Waals surface area contributed by atoms with Gasteiger partial charge in [-0.15, -0.1) is 11.3 Å². The molecule has 1 aliphatic heterocycles. The highest BCUT2D eigenvalue weighted by molar-refractivity contribution is 7.20. The van der Waals surface area contributed by atoms with E-state index in [0.29, 0.717) is 11.4 Å². The summed E-state index contributed by atoms with van der Waals surface area (Å²) in [5, 5.41) is 7.24. The molecule has 8 heteroatoms. The molecule has 2 aromatic rings. The Bertz CT molecular complexity index is 727. The zero-order chi connectivity index (χ0) is 17.6. The zero-order valence-corrected chi connectivity index (χ0v) is 15.6. The van der Waals surface area contributed by atoms with Crippen LogP contribution in [0.3, 0.4) is 0 Å². The van der Waals surface area contributed by atoms with Crippen LogP contribution in [0, 0.1) is 6.92 Å². The molecule has 1 amide bonds. The van der Waals surface area contributed by atoms with Crippen LogP contribution >= 0.6 is 11.3 Å². The van der Waals surface area contributed by atoms with E-state index >= 15 is 0 Å². The lowest BCUT2D eigenvalue weighted by Gasteiger charge is -2.26. The summed E-state index contributed by atoms with van der Waals surface area (Å²) in [5.41, 5.74) is 0.947. The number of fused-ring (bicyclic) bond motifs is 1. The number of rotatable bonds is 7. The lowest BCUT2D eigenvalue weighted by atomic mass is 10.2. The average molecular weight is 363 g/mol. The molecule has 0 saturated carbocycles. The maximum atomic E-state index is 12.2. The number of amides is 1. The van der Waals surface area contributed by atoms with Crippen LogP contribution in [0.4, 0.5) is 5.82 Å². The maximum Gasteiger partial charge on any atom is 0.261 e. The minimum atomic E-state index is -0.0405. The number of carbonyl (C=O) groups is 1. The van der Waals surface area contributed by atoms with Crippen molar-refractivity contribution in [3.8, 4) is 0 Å². The fraction of sp³-hybridized carbons (Fsp3) is 0.588. The molecule has 0 aromatic carbocycles. The van der Waals surface area contributed by atoms with Crippen LogP contribution in [-0.4, -0.2) is 66.7 Å². The fourth-order valence-electron chi connectivity index (χ4n) is 3.00. The quantitative estimate of drug-likeness (QED) is 0.732. The molecule has 136 valence electrons. The molecule has 2 aromatic heterocycles. The van der Waals surface area contributed by atoms with Crippen molar-refractivity contribution in [3.63, 3.8) is 0 Å². The van der Waals surface area contributed by atoms with E-state index in [2.05, 4.69) is 25.5 Å². The first-order valence-corrected chi connectivity index (χ1v) is 9.58. The molecule has 3 rings (SSSR count). The number of aryl methyl sites for hydroxylation is 1. The third-order valence-electron chi connectivity index (χ3n) is 4.32. The van der Waals surface area contributed by atoms with Crippen LogP contribution in [0.1, 0.15) is 28.6 Å². The van der Waals surface area contributed by atoms with Crippen molar-refractivity contribution in [3.05, 3.63) is 16.8 Å². The third-order valence-corrected chi connectivity index (χ3v) is 5.52. The Labute approximate surface area is 151 Å². The topological polar surface area (TPSA) is 79.4 Å². The van der Waals surface area contributed by atoms with Gasteiger partial charge in [0.25, 0.3) is 5.91 Å². The molecule has 1 saturated heterocycles. The molecule has 1 fully saturated rings. The van der Waals surface area contributed by atoms with Gasteiger partial charge < -0.3 is 15.4 Å². The van der Waals surface area contributed by atoms with Crippen molar-refractivity contribution in [1.82, 2.24) is 20.2 Å². The largest absolute Gasteiger partial charge is 0.379 e. The minimum absolute atomic E-state index is 0.0405. The molecule has 0 spiro atoms. The fourth-order valence-corrected chi connectivity index (χ4v) is 4.06. The van der Waals surface area contributed by atoms with Gasteiger partial charge in [0.1, 0.15) is 17.0 Å². The Hall–Kier alpha value is -1.77. The number of nitrogens with one attached hydrogen (secondary N) is 2. The summed E-state index contributed by atoms with van der Waals surface area (Å²) in [5.74, 6) is 0.776. The lowest BCUT2D eigenvalue weighted by Crippen LogP contribution is -2.37. The summed E-state index contributed by atoms with van der Waals surface area (Å²) in [6.07, 6.45) is 2.60. The van der Waals surface area contributed by atoms with Crippen molar-refractivity contribution in [1.29, 1.82) is 0 Å². The van der Waals surface area contributed by atoms with Crippen molar-refractivity contribution in [2.75, 3.05) is 51.3 Å². The zero-order valence-electron chi connectivity index (χ0n) is 14.8. The van der Waals surface area contributed by atoms with Gasteiger partial charge in [0.2, 0.25) is 0 Å². The number of carbonyl (C=O) groups excluding carboxylic acids is 1. The number of anilines is 1. The van der Waals surface area contributed by atoms with Crippen LogP contribution in [0.25, 0.3) is 10.2 Å². The third kappa shape index (κ3) is 4.26. The molecule has 1 aliphatic rings. The second kappa shape index (κ2) is 8.55. The number of nitrogens with zero attached hydrogens (tertiary/aromatic N) is 3. The monoisotopic (exact) mass is 363 g/mol.